The molecule has 0 aromatic heterocycles. The molecule has 2 saturated heterocycles. The second kappa shape index (κ2) is 4.92. The molecule has 0 bridgehead atoms. The predicted octanol–water partition coefficient (Wildman–Crippen LogP) is 0.202. The van der Waals surface area contributed by atoms with Crippen molar-refractivity contribution in [3.8, 4) is 0 Å². The van der Waals surface area contributed by atoms with Gasteiger partial charge in [0.25, 0.3) is 0 Å². The molecule has 0 radical (unpaired) electrons. The lowest BCUT2D eigenvalue weighted by Gasteiger charge is -2.24. The van der Waals surface area contributed by atoms with E-state index in [1.54, 1.807) is 0 Å². The SMILES string of the molecule is O=C(O)C1COC(CC2CCCNC2)O1. The van der Waals surface area contributed by atoms with E-state index >= 15 is 0 Å². The Bertz CT molecular complexity index is 227. The van der Waals surface area contributed by atoms with E-state index in [1.165, 1.54) is 12.8 Å². The molecule has 2 aliphatic rings. The fourth-order valence-electron chi connectivity index (χ4n) is 2.11. The maximum atomic E-state index is 10.6. The van der Waals surface area contributed by atoms with Crippen LogP contribution in [0.4, 0.5) is 0 Å². The minimum atomic E-state index is -0.931. The summed E-state index contributed by atoms with van der Waals surface area (Å²) in [7, 11) is 0. The molecule has 0 amide bonds. The van der Waals surface area contributed by atoms with Crippen molar-refractivity contribution in [1.82, 2.24) is 5.32 Å². The average Bonchev–Trinajstić information content (AvgIpc) is 2.68. The van der Waals surface area contributed by atoms with Gasteiger partial charge in [-0.15, -0.1) is 0 Å². The molecule has 2 heterocycles. The lowest BCUT2D eigenvalue weighted by Crippen LogP contribution is -2.32. The van der Waals surface area contributed by atoms with Crippen LogP contribution in [0.1, 0.15) is 19.3 Å². The highest BCUT2D eigenvalue weighted by Crippen LogP contribution is 2.22. The Morgan fingerprint density at radius 1 is 1.53 bits per heavy atom. The van der Waals surface area contributed by atoms with Crippen LogP contribution in [0, 0.1) is 5.92 Å². The number of rotatable bonds is 3. The topological polar surface area (TPSA) is 67.8 Å². The Morgan fingerprint density at radius 3 is 3.00 bits per heavy atom. The molecule has 0 aromatic carbocycles. The third-order valence-corrected chi connectivity index (χ3v) is 2.95. The quantitative estimate of drug-likeness (QED) is 0.704. The van der Waals surface area contributed by atoms with E-state index in [1.807, 2.05) is 0 Å². The third-order valence-electron chi connectivity index (χ3n) is 2.95. The molecule has 2 fully saturated rings. The highest BCUT2D eigenvalue weighted by molar-refractivity contribution is 5.72. The van der Waals surface area contributed by atoms with Gasteiger partial charge < -0.3 is 19.9 Å². The first-order valence-corrected chi connectivity index (χ1v) is 5.46. The van der Waals surface area contributed by atoms with Crippen LogP contribution in [0.5, 0.6) is 0 Å². The Kier molecular flexibility index (Phi) is 3.56. The van der Waals surface area contributed by atoms with E-state index in [9.17, 15) is 4.79 Å². The summed E-state index contributed by atoms with van der Waals surface area (Å²) in [5.41, 5.74) is 0. The zero-order valence-electron chi connectivity index (χ0n) is 8.65. The first-order valence-electron chi connectivity index (χ1n) is 5.46. The number of aliphatic carboxylic acids is 1. The molecule has 2 aliphatic heterocycles. The summed E-state index contributed by atoms with van der Waals surface area (Å²) in [6.07, 6.45) is 2.06. The van der Waals surface area contributed by atoms with Crippen molar-refractivity contribution < 1.29 is 19.4 Å². The number of hydrogen-bond donors (Lipinski definition) is 2. The summed E-state index contributed by atoms with van der Waals surface area (Å²) < 4.78 is 10.6. The van der Waals surface area contributed by atoms with Crippen LogP contribution < -0.4 is 5.32 Å². The summed E-state index contributed by atoms with van der Waals surface area (Å²) in [6, 6.07) is 0. The van der Waals surface area contributed by atoms with Crippen LogP contribution in [-0.2, 0) is 14.3 Å². The number of ether oxygens (including phenoxy) is 2. The summed E-state index contributed by atoms with van der Waals surface area (Å²) in [4.78, 5) is 10.6. The summed E-state index contributed by atoms with van der Waals surface area (Å²) in [5.74, 6) is -0.379. The van der Waals surface area contributed by atoms with Gasteiger partial charge in [0.05, 0.1) is 6.61 Å². The molecule has 0 aliphatic carbocycles. The molecule has 0 spiro atoms. The van der Waals surface area contributed by atoms with Gasteiger partial charge in [-0.1, -0.05) is 0 Å². The van der Waals surface area contributed by atoms with Crippen LogP contribution in [0.25, 0.3) is 0 Å². The molecule has 5 nitrogen and oxygen atoms in total. The molecular formula is C10H17NO4. The minimum Gasteiger partial charge on any atom is -0.479 e. The van der Waals surface area contributed by atoms with Crippen molar-refractivity contribution in [3.05, 3.63) is 0 Å². The summed E-state index contributed by atoms with van der Waals surface area (Å²) in [6.45, 7) is 2.25. The van der Waals surface area contributed by atoms with Gasteiger partial charge in [0.15, 0.2) is 12.4 Å². The van der Waals surface area contributed by atoms with E-state index in [2.05, 4.69) is 5.32 Å². The van der Waals surface area contributed by atoms with E-state index in [0.717, 1.165) is 19.5 Å². The highest BCUT2D eigenvalue weighted by atomic mass is 16.7. The zero-order chi connectivity index (χ0) is 10.7. The van der Waals surface area contributed by atoms with Gasteiger partial charge in [-0.2, -0.15) is 0 Å². The number of carbonyl (C=O) groups is 1. The summed E-state index contributed by atoms with van der Waals surface area (Å²) in [5, 5.41) is 12.0. The standard InChI is InChI=1S/C10H17NO4/c12-10(13)8-6-14-9(15-8)4-7-2-1-3-11-5-7/h7-9,11H,1-6H2,(H,12,13). The normalized spacial score (nSPS) is 36.7. The molecule has 86 valence electrons. The average molecular weight is 215 g/mol. The van der Waals surface area contributed by atoms with Crippen LogP contribution in [-0.4, -0.2) is 43.2 Å². The van der Waals surface area contributed by atoms with Crippen LogP contribution in [0.3, 0.4) is 0 Å². The molecule has 15 heavy (non-hydrogen) atoms. The molecule has 0 aromatic rings. The number of carboxylic acids is 1. The van der Waals surface area contributed by atoms with Crippen molar-refractivity contribution in [2.45, 2.75) is 31.7 Å². The Morgan fingerprint density at radius 2 is 2.40 bits per heavy atom. The predicted molar refractivity (Wildman–Crippen MR) is 52.5 cm³/mol. The Balaban J connectivity index is 1.74. The molecule has 3 unspecified atom stereocenters. The van der Waals surface area contributed by atoms with Crippen molar-refractivity contribution >= 4 is 5.97 Å². The first kappa shape index (κ1) is 10.9. The maximum absolute atomic E-state index is 10.6. The van der Waals surface area contributed by atoms with Crippen molar-refractivity contribution in [3.63, 3.8) is 0 Å². The number of piperidine rings is 1. The van der Waals surface area contributed by atoms with Gasteiger partial charge in [0.2, 0.25) is 0 Å². The fraction of sp³-hybridized carbons (Fsp3) is 0.900. The van der Waals surface area contributed by atoms with E-state index in [0.29, 0.717) is 5.92 Å². The fourth-order valence-corrected chi connectivity index (χ4v) is 2.11. The van der Waals surface area contributed by atoms with Crippen molar-refractivity contribution in [2.24, 2.45) is 5.92 Å². The Labute approximate surface area is 88.7 Å². The third kappa shape index (κ3) is 2.90. The second-order valence-electron chi connectivity index (χ2n) is 4.17. The van der Waals surface area contributed by atoms with Crippen LogP contribution in [0.15, 0.2) is 0 Å². The van der Waals surface area contributed by atoms with Crippen molar-refractivity contribution in [1.29, 1.82) is 0 Å². The van der Waals surface area contributed by atoms with Gasteiger partial charge in [0.1, 0.15) is 0 Å². The second-order valence-corrected chi connectivity index (χ2v) is 4.17. The molecule has 2 rings (SSSR count). The smallest absolute Gasteiger partial charge is 0.335 e. The molecule has 5 heteroatoms. The van der Waals surface area contributed by atoms with E-state index in [4.69, 9.17) is 14.6 Å². The van der Waals surface area contributed by atoms with Crippen LogP contribution >= 0.6 is 0 Å². The molecule has 0 saturated carbocycles. The first-order chi connectivity index (χ1) is 7.25. The van der Waals surface area contributed by atoms with E-state index < -0.39 is 12.1 Å². The van der Waals surface area contributed by atoms with Gasteiger partial charge >= 0.3 is 5.97 Å². The number of hydrogen-bond acceptors (Lipinski definition) is 4. The minimum absolute atomic E-state index is 0.181. The highest BCUT2D eigenvalue weighted by Gasteiger charge is 2.32. The van der Waals surface area contributed by atoms with Crippen LogP contribution in [0.2, 0.25) is 0 Å². The number of nitrogens with one attached hydrogen (secondary N) is 1. The monoisotopic (exact) mass is 215 g/mol. The largest absolute Gasteiger partial charge is 0.479 e. The van der Waals surface area contributed by atoms with E-state index in [-0.39, 0.29) is 12.9 Å². The Hall–Kier alpha value is -0.650. The van der Waals surface area contributed by atoms with Gasteiger partial charge in [-0.3, -0.25) is 0 Å². The number of carboxylic acid groups (broad SMARTS) is 1. The zero-order valence-corrected chi connectivity index (χ0v) is 8.65. The lowest BCUT2D eigenvalue weighted by atomic mass is 9.96. The molecule has 2 N–H and O–H groups in total. The lowest BCUT2D eigenvalue weighted by molar-refractivity contribution is -0.151. The van der Waals surface area contributed by atoms with Gasteiger partial charge in [0, 0.05) is 6.42 Å². The maximum Gasteiger partial charge on any atom is 0.335 e. The van der Waals surface area contributed by atoms with Gasteiger partial charge in [-0.05, 0) is 31.8 Å². The van der Waals surface area contributed by atoms with Crippen molar-refractivity contribution in [2.75, 3.05) is 19.7 Å². The van der Waals surface area contributed by atoms with Gasteiger partial charge in [-0.25, -0.2) is 4.79 Å². The molecule has 3 atom stereocenters. The summed E-state index contributed by atoms with van der Waals surface area (Å²) >= 11 is 0. The molecular weight excluding hydrogens is 198 g/mol.